The van der Waals surface area contributed by atoms with E-state index in [0.29, 0.717) is 18.0 Å². The maximum Gasteiger partial charge on any atom is 0.253 e. The molecular weight excluding hydrogens is 282 g/mol. The first-order valence-corrected chi connectivity index (χ1v) is 7.22. The molecule has 1 aliphatic rings. The number of carbonyl (C=O) groups excluding carboxylic acids is 1. The minimum absolute atomic E-state index is 0.188. The summed E-state index contributed by atoms with van der Waals surface area (Å²) >= 11 is 0. The third-order valence-electron chi connectivity index (χ3n) is 3.85. The van der Waals surface area contributed by atoms with E-state index in [9.17, 15) is 4.79 Å². The van der Waals surface area contributed by atoms with Crippen molar-refractivity contribution in [1.82, 2.24) is 25.2 Å². The zero-order valence-electron chi connectivity index (χ0n) is 12.1. The van der Waals surface area contributed by atoms with Gasteiger partial charge in [-0.2, -0.15) is 5.10 Å². The van der Waals surface area contributed by atoms with Crippen LogP contribution in [0.2, 0.25) is 0 Å². The number of rotatable bonds is 4. The van der Waals surface area contributed by atoms with Crippen LogP contribution < -0.4 is 5.32 Å². The predicted octanol–water partition coefficient (Wildman–Crippen LogP) is 1.76. The first kappa shape index (κ1) is 13.0. The highest BCUT2D eigenvalue weighted by atomic mass is 16.5. The zero-order valence-corrected chi connectivity index (χ0v) is 12.1. The van der Waals surface area contributed by atoms with Crippen molar-refractivity contribution in [2.75, 3.05) is 0 Å². The molecule has 7 heteroatoms. The van der Waals surface area contributed by atoms with Gasteiger partial charge in [0.1, 0.15) is 17.0 Å². The second-order valence-electron chi connectivity index (χ2n) is 5.57. The highest BCUT2D eigenvalue weighted by Gasteiger charge is 2.27. The molecule has 0 radical (unpaired) electrons. The van der Waals surface area contributed by atoms with Crippen LogP contribution >= 0.6 is 0 Å². The summed E-state index contributed by atoms with van der Waals surface area (Å²) in [6, 6.07) is 3.70. The van der Waals surface area contributed by atoms with Gasteiger partial charge < -0.3 is 9.84 Å². The first-order valence-electron chi connectivity index (χ1n) is 7.22. The fraction of sp³-hybridized carbons (Fsp3) is 0.333. The van der Waals surface area contributed by atoms with Crippen LogP contribution in [-0.4, -0.2) is 25.8 Å². The molecule has 0 aromatic carbocycles. The predicted molar refractivity (Wildman–Crippen MR) is 78.2 cm³/mol. The molecule has 3 aromatic rings. The van der Waals surface area contributed by atoms with E-state index in [-0.39, 0.29) is 5.91 Å². The minimum atomic E-state index is -0.188. The first-order chi connectivity index (χ1) is 10.7. The molecule has 4 rings (SSSR count). The Labute approximate surface area is 126 Å². The van der Waals surface area contributed by atoms with Crippen LogP contribution in [0, 0.1) is 0 Å². The second kappa shape index (κ2) is 4.94. The van der Waals surface area contributed by atoms with Crippen LogP contribution in [0.25, 0.3) is 11.0 Å². The normalized spacial score (nSPS) is 14.4. The third-order valence-corrected chi connectivity index (χ3v) is 3.85. The highest BCUT2D eigenvalue weighted by molar-refractivity contribution is 5.96. The van der Waals surface area contributed by atoms with E-state index in [1.54, 1.807) is 23.1 Å². The van der Waals surface area contributed by atoms with Gasteiger partial charge in [-0.3, -0.25) is 14.5 Å². The lowest BCUT2D eigenvalue weighted by Crippen LogP contribution is -2.23. The van der Waals surface area contributed by atoms with Crippen LogP contribution in [0.3, 0.4) is 0 Å². The Bertz CT molecular complexity index is 847. The SMILES string of the molecule is Cn1ncc2ncc(C(=O)NCc3cc(C4CC4)on3)cc21. The fourth-order valence-corrected chi connectivity index (χ4v) is 2.39. The summed E-state index contributed by atoms with van der Waals surface area (Å²) in [6.45, 7) is 0.346. The van der Waals surface area contributed by atoms with E-state index in [1.165, 1.54) is 0 Å². The number of aromatic nitrogens is 4. The Morgan fingerprint density at radius 3 is 3.09 bits per heavy atom. The van der Waals surface area contributed by atoms with Crippen LogP contribution in [0.15, 0.2) is 29.0 Å². The molecule has 22 heavy (non-hydrogen) atoms. The van der Waals surface area contributed by atoms with Crippen molar-refractivity contribution in [3.63, 3.8) is 0 Å². The van der Waals surface area contributed by atoms with Crippen molar-refractivity contribution in [3.05, 3.63) is 41.5 Å². The van der Waals surface area contributed by atoms with Gasteiger partial charge >= 0.3 is 0 Å². The molecular formula is C15H15N5O2. The van der Waals surface area contributed by atoms with Crippen LogP contribution in [-0.2, 0) is 13.6 Å². The van der Waals surface area contributed by atoms with Gasteiger partial charge in [-0.1, -0.05) is 5.16 Å². The van der Waals surface area contributed by atoms with Crippen molar-refractivity contribution in [1.29, 1.82) is 0 Å². The largest absolute Gasteiger partial charge is 0.361 e. The third kappa shape index (κ3) is 2.34. The van der Waals surface area contributed by atoms with E-state index in [2.05, 4.69) is 20.6 Å². The number of nitrogens with zero attached hydrogens (tertiary/aromatic N) is 4. The monoisotopic (exact) mass is 297 g/mol. The summed E-state index contributed by atoms with van der Waals surface area (Å²) in [4.78, 5) is 16.4. The summed E-state index contributed by atoms with van der Waals surface area (Å²) in [5.74, 6) is 1.25. The van der Waals surface area contributed by atoms with Gasteiger partial charge in [0, 0.05) is 25.2 Å². The van der Waals surface area contributed by atoms with E-state index in [4.69, 9.17) is 4.52 Å². The standard InChI is InChI=1S/C15H15N5O2/c1-20-13-4-10(6-16-12(13)8-18-20)15(21)17-7-11-5-14(22-19-11)9-2-3-9/h4-6,8-9H,2-3,7H2,1H3,(H,17,21). The number of nitrogens with one attached hydrogen (secondary N) is 1. The van der Waals surface area contributed by atoms with E-state index < -0.39 is 0 Å². The molecule has 1 amide bonds. The fourth-order valence-electron chi connectivity index (χ4n) is 2.39. The molecule has 1 fully saturated rings. The number of fused-ring (bicyclic) bond motifs is 1. The summed E-state index contributed by atoms with van der Waals surface area (Å²) in [6.07, 6.45) is 5.55. The van der Waals surface area contributed by atoms with E-state index >= 15 is 0 Å². The van der Waals surface area contributed by atoms with Gasteiger partial charge in [-0.25, -0.2) is 0 Å². The van der Waals surface area contributed by atoms with E-state index in [0.717, 1.165) is 35.3 Å². The van der Waals surface area contributed by atoms with E-state index in [1.807, 2.05) is 13.1 Å². The molecule has 1 N–H and O–H groups in total. The average molecular weight is 297 g/mol. The number of carbonyl (C=O) groups is 1. The number of hydrogen-bond donors (Lipinski definition) is 1. The summed E-state index contributed by atoms with van der Waals surface area (Å²) in [7, 11) is 1.82. The lowest BCUT2D eigenvalue weighted by Gasteiger charge is -2.03. The Hall–Kier alpha value is -2.70. The molecule has 0 unspecified atom stereocenters. The average Bonchev–Trinajstić information content (AvgIpc) is 3.17. The van der Waals surface area contributed by atoms with Crippen LogP contribution in [0.5, 0.6) is 0 Å². The number of amides is 1. The maximum absolute atomic E-state index is 12.2. The molecule has 0 bridgehead atoms. The molecule has 0 aliphatic heterocycles. The van der Waals surface area contributed by atoms with Crippen LogP contribution in [0.1, 0.15) is 40.6 Å². The van der Waals surface area contributed by atoms with Crippen molar-refractivity contribution in [2.45, 2.75) is 25.3 Å². The van der Waals surface area contributed by atoms with Gasteiger partial charge in [-0.15, -0.1) is 0 Å². The molecule has 1 saturated carbocycles. The highest BCUT2D eigenvalue weighted by Crippen LogP contribution is 2.40. The molecule has 1 aliphatic carbocycles. The van der Waals surface area contributed by atoms with Gasteiger partial charge in [-0.05, 0) is 18.9 Å². The zero-order chi connectivity index (χ0) is 15.1. The number of pyridine rings is 1. The van der Waals surface area contributed by atoms with Crippen LogP contribution in [0.4, 0.5) is 0 Å². The second-order valence-corrected chi connectivity index (χ2v) is 5.57. The van der Waals surface area contributed by atoms with Crippen molar-refractivity contribution in [2.24, 2.45) is 7.05 Å². The maximum atomic E-state index is 12.2. The Kier molecular flexibility index (Phi) is 2.92. The Morgan fingerprint density at radius 2 is 2.27 bits per heavy atom. The number of aryl methyl sites for hydroxylation is 1. The summed E-state index contributed by atoms with van der Waals surface area (Å²) in [5, 5.41) is 10.9. The summed E-state index contributed by atoms with van der Waals surface area (Å²) < 4.78 is 6.96. The van der Waals surface area contributed by atoms with Gasteiger partial charge in [0.25, 0.3) is 5.91 Å². The topological polar surface area (TPSA) is 85.8 Å². The quantitative estimate of drug-likeness (QED) is 0.793. The molecule has 0 spiro atoms. The molecule has 0 saturated heterocycles. The van der Waals surface area contributed by atoms with Gasteiger partial charge in [0.15, 0.2) is 0 Å². The minimum Gasteiger partial charge on any atom is -0.361 e. The summed E-state index contributed by atoms with van der Waals surface area (Å²) in [5.41, 5.74) is 2.83. The molecule has 112 valence electrons. The number of hydrogen-bond acceptors (Lipinski definition) is 5. The Morgan fingerprint density at radius 1 is 1.41 bits per heavy atom. The van der Waals surface area contributed by atoms with Crippen molar-refractivity contribution >= 4 is 16.9 Å². The van der Waals surface area contributed by atoms with Crippen molar-refractivity contribution in [3.8, 4) is 0 Å². The lowest BCUT2D eigenvalue weighted by atomic mass is 10.2. The molecule has 3 heterocycles. The molecule has 7 nitrogen and oxygen atoms in total. The Balaban J connectivity index is 1.46. The van der Waals surface area contributed by atoms with Crippen molar-refractivity contribution < 1.29 is 9.32 Å². The van der Waals surface area contributed by atoms with Gasteiger partial charge in [0.05, 0.1) is 23.8 Å². The molecule has 0 atom stereocenters. The smallest absolute Gasteiger partial charge is 0.253 e. The molecule has 3 aromatic heterocycles. The van der Waals surface area contributed by atoms with Gasteiger partial charge in [0.2, 0.25) is 0 Å². The lowest BCUT2D eigenvalue weighted by molar-refractivity contribution is 0.0950.